The molecule has 2 aliphatic rings. The van der Waals surface area contributed by atoms with Crippen molar-refractivity contribution in [2.24, 2.45) is 3.15 Å². The van der Waals surface area contributed by atoms with Crippen LogP contribution in [0.4, 0.5) is 11.4 Å². The predicted molar refractivity (Wildman–Crippen MR) is 207 cm³/mol. The number of hydrogen-bond acceptors (Lipinski definition) is 1. The first-order chi connectivity index (χ1) is 24.1. The van der Waals surface area contributed by atoms with E-state index in [-0.39, 0.29) is 3.57 Å². The van der Waals surface area contributed by atoms with Crippen LogP contribution in [-0.4, -0.2) is 11.3 Å². The summed E-state index contributed by atoms with van der Waals surface area (Å²) in [6, 6.07) is 57.0. The van der Waals surface area contributed by atoms with Gasteiger partial charge in [0.15, 0.2) is 0 Å². The molecule has 0 atom stereocenters. The molecule has 6 heteroatoms. The van der Waals surface area contributed by atoms with Crippen molar-refractivity contribution >= 4 is 70.0 Å². The summed E-state index contributed by atoms with van der Waals surface area (Å²) in [7, 11) is 0. The SMILES string of the molecule is FI(F)(=Nc1ccccc1)c1ccc2c3ccccc3n3c2c1B1c2ccccc2C(c2ccccc2)(c2ccccc2)c2cccc-3c21. The summed E-state index contributed by atoms with van der Waals surface area (Å²) in [5.74, 6) is 0. The summed E-state index contributed by atoms with van der Waals surface area (Å²) < 4.78 is 40.8. The standard InChI is InChI=1S/C43H28BF2IN2/c45-47(46,48-31-19-8-3-9-20-31)37-28-27-33-32-21-10-13-25-38(32)49-39-26-14-23-35-40(39)44(41(37)42(33)49)36-24-12-11-22-34(36)43(35,29-15-4-1-5-16-29)30-17-6-2-7-18-30/h1-28H. The van der Waals surface area contributed by atoms with Crippen LogP contribution in [0.15, 0.2) is 173 Å². The third-order valence-corrected chi connectivity index (χ3v) is 13.9. The molecule has 0 saturated heterocycles. The van der Waals surface area contributed by atoms with Crippen LogP contribution in [0.1, 0.15) is 22.3 Å². The maximum atomic E-state index is 17.1. The Morgan fingerprint density at radius 1 is 0.531 bits per heavy atom. The molecule has 0 amide bonds. The maximum absolute atomic E-state index is 17.1. The average molecular weight is 748 g/mol. The summed E-state index contributed by atoms with van der Waals surface area (Å²) >= 11 is -5.95. The molecule has 2 aliphatic heterocycles. The first-order valence-electron chi connectivity index (χ1n) is 16.4. The van der Waals surface area contributed by atoms with Crippen molar-refractivity contribution in [3.8, 4) is 5.69 Å². The number of halogens is 3. The van der Waals surface area contributed by atoms with E-state index < -0.39 is 31.5 Å². The zero-order valence-electron chi connectivity index (χ0n) is 26.3. The number of para-hydroxylation sites is 1. The van der Waals surface area contributed by atoms with Gasteiger partial charge in [-0.3, -0.25) is 0 Å². The van der Waals surface area contributed by atoms with Crippen molar-refractivity contribution in [1.29, 1.82) is 0 Å². The van der Waals surface area contributed by atoms with E-state index >= 15 is 5.72 Å². The zero-order chi connectivity index (χ0) is 32.7. The Morgan fingerprint density at radius 2 is 1.14 bits per heavy atom. The molecular weight excluding hydrogens is 720 g/mol. The van der Waals surface area contributed by atoms with Crippen LogP contribution in [0.25, 0.3) is 27.5 Å². The Labute approximate surface area is 288 Å². The van der Waals surface area contributed by atoms with Gasteiger partial charge in [0.2, 0.25) is 0 Å². The van der Waals surface area contributed by atoms with E-state index in [1.165, 1.54) is 0 Å². The Kier molecular flexibility index (Phi) is 6.25. The van der Waals surface area contributed by atoms with Crippen molar-refractivity contribution in [3.63, 3.8) is 0 Å². The summed E-state index contributed by atoms with van der Waals surface area (Å²) in [6.07, 6.45) is 0. The normalized spacial score (nSPS) is 14.4. The van der Waals surface area contributed by atoms with E-state index in [2.05, 4.69) is 123 Å². The van der Waals surface area contributed by atoms with E-state index in [4.69, 9.17) is 0 Å². The fraction of sp³-hybridized carbons (Fsp3) is 0.0233. The van der Waals surface area contributed by atoms with Gasteiger partial charge in [-0.15, -0.1) is 0 Å². The van der Waals surface area contributed by atoms with Gasteiger partial charge in [0, 0.05) is 0 Å². The quantitative estimate of drug-likeness (QED) is 0.126. The summed E-state index contributed by atoms with van der Waals surface area (Å²) in [5.41, 5.74) is 9.91. The molecule has 0 radical (unpaired) electrons. The predicted octanol–water partition coefficient (Wildman–Crippen LogP) is 9.81. The monoisotopic (exact) mass is 748 g/mol. The average Bonchev–Trinajstić information content (AvgIpc) is 3.49. The fourth-order valence-corrected chi connectivity index (χ4v) is 11.8. The molecule has 0 saturated carbocycles. The fourth-order valence-electron chi connectivity index (χ4n) is 8.67. The molecule has 10 rings (SSSR count). The first kappa shape index (κ1) is 28.8. The van der Waals surface area contributed by atoms with Crippen LogP contribution in [0.2, 0.25) is 0 Å². The molecular formula is C43H28BF2IN2. The first-order valence-corrected chi connectivity index (χ1v) is 20.1. The molecule has 0 unspecified atom stereocenters. The Morgan fingerprint density at radius 3 is 1.88 bits per heavy atom. The third-order valence-electron chi connectivity index (χ3n) is 10.4. The zero-order valence-corrected chi connectivity index (χ0v) is 28.4. The van der Waals surface area contributed by atoms with Gasteiger partial charge in [-0.05, 0) is 0 Å². The molecule has 8 aromatic rings. The van der Waals surface area contributed by atoms with Crippen LogP contribution in [0.3, 0.4) is 0 Å². The van der Waals surface area contributed by atoms with Gasteiger partial charge in [0.1, 0.15) is 0 Å². The van der Waals surface area contributed by atoms with Crippen LogP contribution in [0.5, 0.6) is 0 Å². The number of fused-ring (bicyclic) bond motifs is 7. The van der Waals surface area contributed by atoms with Crippen LogP contribution in [0, 0.1) is 3.57 Å². The molecule has 7 aromatic carbocycles. The molecule has 0 aliphatic carbocycles. The second-order valence-electron chi connectivity index (χ2n) is 12.8. The second-order valence-corrected chi connectivity index (χ2v) is 16.8. The summed E-state index contributed by atoms with van der Waals surface area (Å²) in [6.45, 7) is -0.404. The molecule has 0 N–H and O–H groups in total. The van der Waals surface area contributed by atoms with Crippen LogP contribution in [-0.2, 0) is 5.41 Å². The number of rotatable bonds is 4. The van der Waals surface area contributed by atoms with Gasteiger partial charge in [0.05, 0.1) is 0 Å². The molecule has 3 heterocycles. The molecule has 234 valence electrons. The molecule has 0 spiro atoms. The number of benzene rings is 7. The van der Waals surface area contributed by atoms with Gasteiger partial charge in [0.25, 0.3) is 0 Å². The van der Waals surface area contributed by atoms with Crippen molar-refractivity contribution in [2.75, 3.05) is 0 Å². The van der Waals surface area contributed by atoms with E-state index in [0.717, 1.165) is 60.7 Å². The summed E-state index contributed by atoms with van der Waals surface area (Å²) in [5, 5.41) is 2.05. The minimum atomic E-state index is -5.95. The van der Waals surface area contributed by atoms with E-state index in [0.29, 0.717) is 11.2 Å². The molecule has 1 aromatic heterocycles. The molecule has 49 heavy (non-hydrogen) atoms. The number of aromatic nitrogens is 1. The number of nitrogens with zero attached hydrogens (tertiary/aromatic N) is 2. The van der Waals surface area contributed by atoms with Gasteiger partial charge in [-0.25, -0.2) is 0 Å². The van der Waals surface area contributed by atoms with E-state index in [1.54, 1.807) is 30.3 Å². The Hall–Kier alpha value is -5.21. The summed E-state index contributed by atoms with van der Waals surface area (Å²) in [4.78, 5) is 0. The number of hydrogen-bond donors (Lipinski definition) is 0. The molecule has 2 nitrogen and oxygen atoms in total. The van der Waals surface area contributed by atoms with Crippen molar-refractivity contribution < 1.29 is 5.72 Å². The van der Waals surface area contributed by atoms with E-state index in [9.17, 15) is 0 Å². The third kappa shape index (κ3) is 3.92. The topological polar surface area (TPSA) is 17.3 Å². The van der Waals surface area contributed by atoms with Crippen molar-refractivity contribution in [2.45, 2.75) is 5.41 Å². The Bertz CT molecular complexity index is 2610. The second kappa shape index (κ2) is 10.6. The van der Waals surface area contributed by atoms with Gasteiger partial charge >= 0.3 is 290 Å². The van der Waals surface area contributed by atoms with Crippen molar-refractivity contribution in [1.82, 2.24) is 4.57 Å². The van der Waals surface area contributed by atoms with Crippen LogP contribution >= 0.6 is 19.4 Å². The molecule has 0 fully saturated rings. The van der Waals surface area contributed by atoms with Gasteiger partial charge < -0.3 is 0 Å². The Balaban J connectivity index is 1.42. The van der Waals surface area contributed by atoms with E-state index in [1.807, 2.05) is 24.3 Å². The molecule has 0 bridgehead atoms. The van der Waals surface area contributed by atoms with Gasteiger partial charge in [-0.2, -0.15) is 0 Å². The van der Waals surface area contributed by atoms with Crippen LogP contribution < -0.4 is 16.4 Å². The minimum absolute atomic E-state index is 0.111. The van der Waals surface area contributed by atoms with Gasteiger partial charge in [-0.1, -0.05) is 0 Å². The van der Waals surface area contributed by atoms with Crippen molar-refractivity contribution in [3.05, 3.63) is 196 Å².